The van der Waals surface area contributed by atoms with Gasteiger partial charge in [0.15, 0.2) is 5.69 Å². The van der Waals surface area contributed by atoms with Crippen LogP contribution >= 0.6 is 0 Å². The zero-order chi connectivity index (χ0) is 16.7. The van der Waals surface area contributed by atoms with Gasteiger partial charge >= 0.3 is 0 Å². The molecule has 2 aromatic rings. The lowest BCUT2D eigenvalue weighted by atomic mass is 10.1. The Morgan fingerprint density at radius 2 is 1.88 bits per heavy atom. The number of carbonyl (C=O) groups excluding carboxylic acids is 1. The van der Waals surface area contributed by atoms with Gasteiger partial charge in [0.25, 0.3) is 5.91 Å². The van der Waals surface area contributed by atoms with Crippen molar-refractivity contribution < 1.29 is 4.79 Å². The highest BCUT2D eigenvalue weighted by molar-refractivity contribution is 5.94. The molecule has 2 N–H and O–H groups in total. The van der Waals surface area contributed by atoms with Crippen molar-refractivity contribution in [2.24, 2.45) is 5.73 Å². The summed E-state index contributed by atoms with van der Waals surface area (Å²) in [6, 6.07) is 8.56. The lowest BCUT2D eigenvalue weighted by Crippen LogP contribution is -2.43. The maximum absolute atomic E-state index is 13.0. The number of aryl methyl sites for hydroxylation is 1. The number of amides is 1. The Labute approximate surface area is 142 Å². The zero-order valence-electron chi connectivity index (χ0n) is 14.2. The number of hydrogen-bond acceptors (Lipinski definition) is 3. The van der Waals surface area contributed by atoms with Crippen LogP contribution in [0.3, 0.4) is 0 Å². The molecule has 2 aliphatic rings. The van der Waals surface area contributed by atoms with Gasteiger partial charge in [0, 0.05) is 30.4 Å². The molecule has 0 bridgehead atoms. The maximum Gasteiger partial charge on any atom is 0.274 e. The van der Waals surface area contributed by atoms with E-state index < -0.39 is 0 Å². The van der Waals surface area contributed by atoms with Crippen LogP contribution in [0.4, 0.5) is 0 Å². The Hall–Kier alpha value is -2.14. The van der Waals surface area contributed by atoms with Crippen molar-refractivity contribution in [1.29, 1.82) is 0 Å². The Morgan fingerprint density at radius 3 is 2.58 bits per heavy atom. The average molecular weight is 324 g/mol. The second kappa shape index (κ2) is 6.06. The average Bonchev–Trinajstić information content (AvgIpc) is 3.18. The SMILES string of the molecule is Cc1ccc(-n2nc(C(=O)N3CCC(N)CC3)c3c2CCC3)cc1. The molecule has 4 rings (SSSR count). The molecule has 1 saturated heterocycles. The number of likely N-dealkylation sites (tertiary alicyclic amines) is 1. The number of rotatable bonds is 2. The van der Waals surface area contributed by atoms with Gasteiger partial charge in [-0.15, -0.1) is 0 Å². The van der Waals surface area contributed by atoms with Crippen LogP contribution in [-0.4, -0.2) is 39.7 Å². The van der Waals surface area contributed by atoms with Gasteiger partial charge in [-0.1, -0.05) is 17.7 Å². The fraction of sp³-hybridized carbons (Fsp3) is 0.474. The highest BCUT2D eigenvalue weighted by Crippen LogP contribution is 2.29. The summed E-state index contributed by atoms with van der Waals surface area (Å²) in [4.78, 5) is 14.9. The first-order chi connectivity index (χ1) is 11.6. The van der Waals surface area contributed by atoms with Gasteiger partial charge in [0.05, 0.1) is 5.69 Å². The van der Waals surface area contributed by atoms with E-state index in [0.29, 0.717) is 5.69 Å². The predicted octanol–water partition coefficient (Wildman–Crippen LogP) is 2.23. The number of benzene rings is 1. The summed E-state index contributed by atoms with van der Waals surface area (Å²) in [5.74, 6) is 0.0749. The van der Waals surface area contributed by atoms with E-state index in [1.807, 2.05) is 9.58 Å². The van der Waals surface area contributed by atoms with E-state index in [-0.39, 0.29) is 11.9 Å². The Balaban J connectivity index is 1.68. The third-order valence-electron chi connectivity index (χ3n) is 5.24. The number of piperidine rings is 1. The fourth-order valence-corrected chi connectivity index (χ4v) is 3.76. The number of hydrogen-bond donors (Lipinski definition) is 1. The van der Waals surface area contributed by atoms with Gasteiger partial charge in [0.2, 0.25) is 0 Å². The Kier molecular flexibility index (Phi) is 3.88. The summed E-state index contributed by atoms with van der Waals surface area (Å²) in [5.41, 5.74) is 11.2. The molecule has 5 heteroatoms. The van der Waals surface area contributed by atoms with Crippen molar-refractivity contribution in [2.45, 2.75) is 45.1 Å². The lowest BCUT2D eigenvalue weighted by Gasteiger charge is -2.29. The molecule has 5 nitrogen and oxygen atoms in total. The molecule has 0 unspecified atom stereocenters. The largest absolute Gasteiger partial charge is 0.337 e. The van der Waals surface area contributed by atoms with Gasteiger partial charge in [0.1, 0.15) is 0 Å². The van der Waals surface area contributed by atoms with E-state index in [1.165, 1.54) is 11.3 Å². The van der Waals surface area contributed by atoms with Crippen LogP contribution in [0.2, 0.25) is 0 Å². The van der Waals surface area contributed by atoms with Crippen LogP contribution in [0.15, 0.2) is 24.3 Å². The summed E-state index contributed by atoms with van der Waals surface area (Å²) in [7, 11) is 0. The monoisotopic (exact) mass is 324 g/mol. The topological polar surface area (TPSA) is 64.2 Å². The third kappa shape index (κ3) is 2.63. The van der Waals surface area contributed by atoms with Crippen molar-refractivity contribution in [3.63, 3.8) is 0 Å². The molecule has 24 heavy (non-hydrogen) atoms. The highest BCUT2D eigenvalue weighted by Gasteiger charge is 2.30. The lowest BCUT2D eigenvalue weighted by molar-refractivity contribution is 0.0707. The van der Waals surface area contributed by atoms with E-state index >= 15 is 0 Å². The second-order valence-corrected chi connectivity index (χ2v) is 7.00. The molecule has 2 heterocycles. The molecule has 1 aliphatic heterocycles. The summed E-state index contributed by atoms with van der Waals surface area (Å²) in [5, 5.41) is 4.72. The number of carbonyl (C=O) groups is 1. The van der Waals surface area contributed by atoms with Crippen molar-refractivity contribution in [2.75, 3.05) is 13.1 Å². The normalized spacial score (nSPS) is 18.0. The summed E-state index contributed by atoms with van der Waals surface area (Å²) < 4.78 is 1.98. The smallest absolute Gasteiger partial charge is 0.274 e. The first kappa shape index (κ1) is 15.4. The summed E-state index contributed by atoms with van der Waals surface area (Å²) in [6.45, 7) is 3.56. The highest BCUT2D eigenvalue weighted by atomic mass is 16.2. The molecule has 1 fully saturated rings. The molecule has 126 valence electrons. The van der Waals surface area contributed by atoms with Crippen LogP contribution in [0, 0.1) is 6.92 Å². The standard InChI is InChI=1S/C19H24N4O/c1-13-5-7-15(8-6-13)23-17-4-2-3-16(17)18(21-23)19(24)22-11-9-14(20)10-12-22/h5-8,14H,2-4,9-12,20H2,1H3. The molecule has 1 aromatic heterocycles. The molecular weight excluding hydrogens is 300 g/mol. The Morgan fingerprint density at radius 1 is 1.17 bits per heavy atom. The minimum absolute atomic E-state index is 0.0749. The van der Waals surface area contributed by atoms with Crippen molar-refractivity contribution >= 4 is 5.91 Å². The molecule has 1 aliphatic carbocycles. The van der Waals surface area contributed by atoms with Crippen LogP contribution in [0.25, 0.3) is 5.69 Å². The van der Waals surface area contributed by atoms with Gasteiger partial charge < -0.3 is 10.6 Å². The number of aromatic nitrogens is 2. The van der Waals surface area contributed by atoms with Crippen molar-refractivity contribution in [1.82, 2.24) is 14.7 Å². The first-order valence-corrected chi connectivity index (χ1v) is 8.86. The van der Waals surface area contributed by atoms with Crippen LogP contribution in [0.1, 0.15) is 46.6 Å². The van der Waals surface area contributed by atoms with Gasteiger partial charge in [-0.05, 0) is 51.2 Å². The third-order valence-corrected chi connectivity index (χ3v) is 5.24. The minimum atomic E-state index is 0.0749. The van der Waals surface area contributed by atoms with Gasteiger partial charge in [-0.3, -0.25) is 4.79 Å². The van der Waals surface area contributed by atoms with E-state index in [1.54, 1.807) is 0 Å². The minimum Gasteiger partial charge on any atom is -0.337 e. The van der Waals surface area contributed by atoms with E-state index in [4.69, 9.17) is 10.8 Å². The molecule has 0 spiro atoms. The quantitative estimate of drug-likeness (QED) is 0.921. The van der Waals surface area contributed by atoms with E-state index in [2.05, 4.69) is 31.2 Å². The maximum atomic E-state index is 13.0. The van der Waals surface area contributed by atoms with Crippen LogP contribution < -0.4 is 5.73 Å². The predicted molar refractivity (Wildman–Crippen MR) is 93.4 cm³/mol. The van der Waals surface area contributed by atoms with E-state index in [9.17, 15) is 4.79 Å². The fourth-order valence-electron chi connectivity index (χ4n) is 3.76. The first-order valence-electron chi connectivity index (χ1n) is 8.86. The molecular formula is C19H24N4O. The summed E-state index contributed by atoms with van der Waals surface area (Å²) >= 11 is 0. The number of fused-ring (bicyclic) bond motifs is 1. The molecule has 1 aromatic carbocycles. The van der Waals surface area contributed by atoms with Crippen LogP contribution in [0.5, 0.6) is 0 Å². The molecule has 1 amide bonds. The molecule has 0 atom stereocenters. The second-order valence-electron chi connectivity index (χ2n) is 7.00. The van der Waals surface area contributed by atoms with Gasteiger partial charge in [-0.25, -0.2) is 4.68 Å². The van der Waals surface area contributed by atoms with Gasteiger partial charge in [-0.2, -0.15) is 5.10 Å². The Bertz CT molecular complexity index is 754. The van der Waals surface area contributed by atoms with Crippen LogP contribution in [-0.2, 0) is 12.8 Å². The zero-order valence-corrected chi connectivity index (χ0v) is 14.2. The van der Waals surface area contributed by atoms with Crippen molar-refractivity contribution in [3.05, 3.63) is 46.8 Å². The van der Waals surface area contributed by atoms with Crippen molar-refractivity contribution in [3.8, 4) is 5.69 Å². The molecule has 0 saturated carbocycles. The van der Waals surface area contributed by atoms with E-state index in [0.717, 1.165) is 56.4 Å². The molecule has 0 radical (unpaired) electrons. The number of nitrogens with zero attached hydrogens (tertiary/aromatic N) is 3. The summed E-state index contributed by atoms with van der Waals surface area (Å²) in [6.07, 6.45) is 4.81. The number of nitrogens with two attached hydrogens (primary N) is 1.